The van der Waals surface area contributed by atoms with Gasteiger partial charge in [-0.3, -0.25) is 9.59 Å². The van der Waals surface area contributed by atoms with Crippen molar-refractivity contribution in [1.82, 2.24) is 0 Å². The summed E-state index contributed by atoms with van der Waals surface area (Å²) in [5.41, 5.74) is 1.90. The molecule has 0 aromatic heterocycles. The van der Waals surface area contributed by atoms with Gasteiger partial charge >= 0.3 is 5.97 Å². The van der Waals surface area contributed by atoms with Crippen LogP contribution in [0.4, 0.5) is 0 Å². The quantitative estimate of drug-likeness (QED) is 0.266. The molecule has 0 spiro atoms. The second kappa shape index (κ2) is 8.69. The Morgan fingerprint density at radius 2 is 1.71 bits per heavy atom. The van der Waals surface area contributed by atoms with E-state index in [2.05, 4.69) is 31.9 Å². The predicted molar refractivity (Wildman–Crippen MR) is 91.2 cm³/mol. The summed E-state index contributed by atoms with van der Waals surface area (Å²) in [6, 6.07) is 7.70. The molecule has 0 saturated carbocycles. The molecule has 0 aliphatic rings. The number of alkyl halides is 2. The first-order chi connectivity index (χ1) is 9.80. The Balaban J connectivity index is 2.35. The van der Waals surface area contributed by atoms with Crippen LogP contribution < -0.4 is 0 Å². The average Bonchev–Trinajstić information content (AvgIpc) is 2.41. The van der Waals surface area contributed by atoms with Crippen molar-refractivity contribution < 1.29 is 14.3 Å². The minimum Gasteiger partial charge on any atom is -0.466 e. The Morgan fingerprint density at radius 3 is 2.24 bits per heavy atom. The Bertz CT molecular complexity index is 475. The minimum absolute atomic E-state index is 0.00966. The zero-order valence-corrected chi connectivity index (χ0v) is 15.5. The molecule has 0 aliphatic heterocycles. The van der Waals surface area contributed by atoms with Crippen molar-refractivity contribution in [2.45, 2.75) is 42.8 Å². The van der Waals surface area contributed by atoms with Gasteiger partial charge in [0.2, 0.25) is 0 Å². The summed E-state index contributed by atoms with van der Waals surface area (Å²) in [7, 11) is 0. The van der Waals surface area contributed by atoms with Gasteiger partial charge in [-0.25, -0.2) is 0 Å². The normalized spacial score (nSPS) is 11.2. The third-order valence-electron chi connectivity index (χ3n) is 3.03. The summed E-state index contributed by atoms with van der Waals surface area (Å²) in [5, 5.41) is 0. The van der Waals surface area contributed by atoms with Gasteiger partial charge in [-0.1, -0.05) is 56.1 Å². The van der Waals surface area contributed by atoms with E-state index in [4.69, 9.17) is 4.74 Å². The summed E-state index contributed by atoms with van der Waals surface area (Å²) in [5.74, 6) is -0.212. The molecule has 1 rings (SSSR count). The second-order valence-corrected chi connectivity index (χ2v) is 9.30. The molecule has 116 valence electrons. The van der Waals surface area contributed by atoms with E-state index in [1.165, 1.54) is 12.5 Å². The number of carbonyl (C=O) groups excluding carboxylic acids is 2. The zero-order valence-electron chi connectivity index (χ0n) is 12.3. The lowest BCUT2D eigenvalue weighted by molar-refractivity contribution is -0.141. The number of halogens is 2. The molecule has 1 aromatic rings. The summed E-state index contributed by atoms with van der Waals surface area (Å²) in [6.07, 6.45) is 3.92. The number of benzene rings is 1. The topological polar surface area (TPSA) is 43.4 Å². The Labute approximate surface area is 142 Å². The highest BCUT2D eigenvalue weighted by molar-refractivity contribution is 9.25. The van der Waals surface area contributed by atoms with Gasteiger partial charge in [-0.2, -0.15) is 0 Å². The smallest absolute Gasteiger partial charge is 0.302 e. The van der Waals surface area contributed by atoms with Crippen molar-refractivity contribution in [3.63, 3.8) is 0 Å². The van der Waals surface area contributed by atoms with Crippen molar-refractivity contribution >= 4 is 43.6 Å². The number of aryl methyl sites for hydroxylation is 1. The van der Waals surface area contributed by atoms with Crippen LogP contribution in [0.15, 0.2) is 24.3 Å². The fourth-order valence-corrected chi connectivity index (χ4v) is 2.36. The van der Waals surface area contributed by atoms with Crippen molar-refractivity contribution in [1.29, 1.82) is 0 Å². The van der Waals surface area contributed by atoms with Gasteiger partial charge in [-0.15, -0.1) is 0 Å². The summed E-state index contributed by atoms with van der Waals surface area (Å²) in [4.78, 5) is 22.6. The first-order valence-electron chi connectivity index (χ1n) is 6.95. The first-order valence-corrected chi connectivity index (χ1v) is 8.54. The number of ether oxygens (including phenoxy) is 1. The van der Waals surface area contributed by atoms with Gasteiger partial charge < -0.3 is 4.74 Å². The molecule has 0 atom stereocenters. The molecule has 0 radical (unpaired) electrons. The van der Waals surface area contributed by atoms with Crippen LogP contribution in [-0.2, 0) is 16.0 Å². The van der Waals surface area contributed by atoms with E-state index < -0.39 is 3.23 Å². The number of rotatable bonds is 8. The molecule has 0 fully saturated rings. The monoisotopic (exact) mass is 418 g/mol. The number of hydrogen-bond acceptors (Lipinski definition) is 3. The first kappa shape index (κ1) is 18.4. The molecule has 5 heteroatoms. The van der Waals surface area contributed by atoms with Crippen LogP contribution in [0.25, 0.3) is 0 Å². The highest BCUT2D eigenvalue weighted by atomic mass is 79.9. The average molecular weight is 420 g/mol. The van der Waals surface area contributed by atoms with E-state index in [-0.39, 0.29) is 11.8 Å². The second-order valence-electron chi connectivity index (χ2n) is 5.07. The number of ketones is 1. The number of hydrogen-bond donors (Lipinski definition) is 0. The molecule has 0 aliphatic carbocycles. The lowest BCUT2D eigenvalue weighted by Gasteiger charge is -2.12. The van der Waals surface area contributed by atoms with E-state index >= 15 is 0 Å². The van der Waals surface area contributed by atoms with Crippen LogP contribution in [-0.4, -0.2) is 21.6 Å². The molecule has 0 unspecified atom stereocenters. The third kappa shape index (κ3) is 7.23. The molecule has 0 amide bonds. The maximum atomic E-state index is 12.0. The summed E-state index contributed by atoms with van der Waals surface area (Å²) < 4.78 is 4.17. The van der Waals surface area contributed by atoms with E-state index in [0.717, 1.165) is 25.7 Å². The molecule has 0 heterocycles. The zero-order chi connectivity index (χ0) is 15.9. The van der Waals surface area contributed by atoms with Gasteiger partial charge in [0, 0.05) is 12.5 Å². The fourth-order valence-electron chi connectivity index (χ4n) is 1.90. The van der Waals surface area contributed by atoms with Gasteiger partial charge in [0.1, 0.15) is 3.23 Å². The Kier molecular flexibility index (Phi) is 7.60. The van der Waals surface area contributed by atoms with Crippen LogP contribution in [0.3, 0.4) is 0 Å². The van der Waals surface area contributed by atoms with Crippen molar-refractivity contribution in [3.05, 3.63) is 35.4 Å². The maximum Gasteiger partial charge on any atom is 0.302 e. The molecule has 0 N–H and O–H groups in total. The van der Waals surface area contributed by atoms with Crippen molar-refractivity contribution in [3.8, 4) is 0 Å². The fraction of sp³-hybridized carbons (Fsp3) is 0.500. The Hall–Kier alpha value is -0.680. The number of esters is 1. The summed E-state index contributed by atoms with van der Waals surface area (Å²) in [6.45, 7) is 3.69. The predicted octanol–water partition coefficient (Wildman–Crippen LogP) is 4.65. The molecular formula is C16H20Br2O3. The minimum atomic E-state index is -0.710. The molecule has 3 nitrogen and oxygen atoms in total. The number of unbranched alkanes of at least 4 members (excludes halogenated alkanes) is 2. The maximum absolute atomic E-state index is 12.0. The van der Waals surface area contributed by atoms with Crippen LogP contribution in [0.1, 0.15) is 49.0 Å². The number of carbonyl (C=O) groups is 2. The molecule has 1 aromatic carbocycles. The van der Waals surface area contributed by atoms with E-state index in [1.807, 2.05) is 24.3 Å². The number of Topliss-reactive ketones (excluding diaryl/α,β-unsaturated/α-hetero) is 1. The molecule has 0 saturated heterocycles. The van der Waals surface area contributed by atoms with E-state index in [9.17, 15) is 9.59 Å². The van der Waals surface area contributed by atoms with Crippen molar-refractivity contribution in [2.75, 3.05) is 6.61 Å². The molecular weight excluding hydrogens is 400 g/mol. The Morgan fingerprint density at radius 1 is 1.10 bits per heavy atom. The van der Waals surface area contributed by atoms with E-state index in [0.29, 0.717) is 12.2 Å². The van der Waals surface area contributed by atoms with Crippen LogP contribution in [0, 0.1) is 0 Å². The SMILES string of the molecule is CC(=O)OCCCCCc1ccc(C(=O)C(C)(Br)Br)cc1. The van der Waals surface area contributed by atoms with Gasteiger partial charge in [0.05, 0.1) is 6.61 Å². The highest BCUT2D eigenvalue weighted by Crippen LogP contribution is 2.29. The summed E-state index contributed by atoms with van der Waals surface area (Å²) >= 11 is 6.61. The van der Waals surface area contributed by atoms with Crippen LogP contribution in [0.2, 0.25) is 0 Å². The molecule has 21 heavy (non-hydrogen) atoms. The van der Waals surface area contributed by atoms with Gasteiger partial charge in [-0.05, 0) is 38.2 Å². The highest BCUT2D eigenvalue weighted by Gasteiger charge is 2.26. The largest absolute Gasteiger partial charge is 0.466 e. The van der Waals surface area contributed by atoms with Gasteiger partial charge in [0.25, 0.3) is 0 Å². The molecule has 0 bridgehead atoms. The lowest BCUT2D eigenvalue weighted by atomic mass is 10.0. The lowest BCUT2D eigenvalue weighted by Crippen LogP contribution is -2.20. The van der Waals surface area contributed by atoms with E-state index in [1.54, 1.807) is 6.92 Å². The third-order valence-corrected chi connectivity index (χ3v) is 3.75. The van der Waals surface area contributed by atoms with Crippen LogP contribution in [0.5, 0.6) is 0 Å². The standard InChI is InChI=1S/C16H20Br2O3/c1-12(19)21-11-5-3-4-6-13-7-9-14(10-8-13)15(20)16(2,17)18/h7-10H,3-6,11H2,1-2H3. The van der Waals surface area contributed by atoms with Gasteiger partial charge in [0.15, 0.2) is 5.78 Å². The van der Waals surface area contributed by atoms with Crippen LogP contribution >= 0.6 is 31.9 Å². The van der Waals surface area contributed by atoms with Crippen molar-refractivity contribution in [2.24, 2.45) is 0 Å².